The predicted octanol–water partition coefficient (Wildman–Crippen LogP) is 0.212. The molecule has 0 aromatic carbocycles. The molecule has 3 aromatic heterocycles. The van der Waals surface area contributed by atoms with Crippen molar-refractivity contribution >= 4 is 28.9 Å². The number of carboxylic acids is 1. The molecule has 1 aliphatic heterocycles. The topological polar surface area (TPSA) is 139 Å². The first kappa shape index (κ1) is 14.4. The number of hydrogen-bond donors (Lipinski definition) is 3. The van der Waals surface area contributed by atoms with Gasteiger partial charge >= 0.3 is 5.97 Å². The third kappa shape index (κ3) is 2.07. The van der Waals surface area contributed by atoms with E-state index in [2.05, 4.69) is 25.0 Å². The summed E-state index contributed by atoms with van der Waals surface area (Å²) in [4.78, 5) is 29.4. The van der Waals surface area contributed by atoms with Crippen LogP contribution in [0, 0.1) is 0 Å². The molecule has 1 aliphatic rings. The molecular formula is C14H16N8O2. The minimum Gasteiger partial charge on any atom is -0.479 e. The molecule has 10 heteroatoms. The Morgan fingerprint density at radius 1 is 1.33 bits per heavy atom. The number of aliphatic carboxylic acids is 1. The second-order valence-corrected chi connectivity index (χ2v) is 5.78. The van der Waals surface area contributed by atoms with Gasteiger partial charge in [-0.15, -0.1) is 0 Å². The zero-order valence-electron chi connectivity index (χ0n) is 12.8. The maximum Gasteiger partial charge on any atom is 0.331 e. The van der Waals surface area contributed by atoms with Crippen molar-refractivity contribution in [2.75, 3.05) is 23.7 Å². The van der Waals surface area contributed by atoms with Crippen molar-refractivity contribution in [1.29, 1.82) is 0 Å². The van der Waals surface area contributed by atoms with Gasteiger partial charge in [-0.1, -0.05) is 0 Å². The zero-order chi connectivity index (χ0) is 16.7. The first-order chi connectivity index (χ1) is 11.6. The van der Waals surface area contributed by atoms with Crippen LogP contribution in [-0.2, 0) is 10.3 Å². The molecule has 0 saturated carbocycles. The van der Waals surface area contributed by atoms with Gasteiger partial charge in [0.2, 0.25) is 5.95 Å². The van der Waals surface area contributed by atoms with Gasteiger partial charge in [-0.2, -0.15) is 15.1 Å². The normalized spacial score (nSPS) is 17.2. The molecule has 4 N–H and O–H groups in total. The Hall–Kier alpha value is -3.17. The average Bonchev–Trinajstić information content (AvgIpc) is 3.25. The van der Waals surface area contributed by atoms with E-state index in [0.29, 0.717) is 42.9 Å². The average molecular weight is 328 g/mol. The highest BCUT2D eigenvalue weighted by Crippen LogP contribution is 2.33. The molecule has 4 heterocycles. The summed E-state index contributed by atoms with van der Waals surface area (Å²) in [5.41, 5.74) is 5.92. The fraction of sp³-hybridized carbons (Fsp3) is 0.357. The maximum absolute atomic E-state index is 11.9. The van der Waals surface area contributed by atoms with E-state index in [4.69, 9.17) is 5.73 Å². The third-order valence-electron chi connectivity index (χ3n) is 4.52. The highest BCUT2D eigenvalue weighted by atomic mass is 16.4. The molecule has 3 aromatic rings. The molecular weight excluding hydrogens is 312 g/mol. The molecule has 4 rings (SSSR count). The largest absolute Gasteiger partial charge is 0.479 e. The number of aromatic amines is 1. The van der Waals surface area contributed by atoms with Crippen LogP contribution in [0.5, 0.6) is 0 Å². The number of aromatic nitrogens is 6. The van der Waals surface area contributed by atoms with Crippen molar-refractivity contribution in [1.82, 2.24) is 29.7 Å². The maximum atomic E-state index is 11.9. The summed E-state index contributed by atoms with van der Waals surface area (Å²) in [5.74, 6) is -0.0825. The summed E-state index contributed by atoms with van der Waals surface area (Å²) in [6.07, 6.45) is 5.64. The van der Waals surface area contributed by atoms with Crippen LogP contribution in [0.4, 0.5) is 11.8 Å². The molecule has 0 spiro atoms. The van der Waals surface area contributed by atoms with Crippen LogP contribution >= 0.6 is 0 Å². The summed E-state index contributed by atoms with van der Waals surface area (Å²) in [6, 6.07) is 1.73. The van der Waals surface area contributed by atoms with Gasteiger partial charge in [-0.05, 0) is 6.07 Å². The fourth-order valence-electron chi connectivity index (χ4n) is 3.21. The van der Waals surface area contributed by atoms with Gasteiger partial charge in [-0.25, -0.2) is 9.78 Å². The number of nitrogens with two attached hydrogens (primary N) is 1. The summed E-state index contributed by atoms with van der Waals surface area (Å²) in [6.45, 7) is 1.02. The van der Waals surface area contributed by atoms with Crippen molar-refractivity contribution < 1.29 is 9.90 Å². The predicted molar refractivity (Wildman–Crippen MR) is 85.4 cm³/mol. The quantitative estimate of drug-likeness (QED) is 0.620. The van der Waals surface area contributed by atoms with E-state index in [1.54, 1.807) is 18.5 Å². The number of piperidine rings is 1. The van der Waals surface area contributed by atoms with Crippen molar-refractivity contribution in [3.8, 4) is 0 Å². The number of rotatable bonds is 3. The van der Waals surface area contributed by atoms with Crippen molar-refractivity contribution in [2.45, 2.75) is 18.4 Å². The van der Waals surface area contributed by atoms with Crippen LogP contribution in [-0.4, -0.2) is 53.9 Å². The molecule has 0 atom stereocenters. The number of anilines is 2. The Balaban J connectivity index is 1.66. The molecule has 0 unspecified atom stereocenters. The van der Waals surface area contributed by atoms with Crippen molar-refractivity contribution in [3.63, 3.8) is 0 Å². The van der Waals surface area contributed by atoms with Gasteiger partial charge in [0.1, 0.15) is 5.52 Å². The van der Waals surface area contributed by atoms with Gasteiger partial charge in [0.05, 0.1) is 6.33 Å². The van der Waals surface area contributed by atoms with E-state index in [1.165, 1.54) is 11.0 Å². The number of carboxylic acid groups (broad SMARTS) is 1. The van der Waals surface area contributed by atoms with Gasteiger partial charge in [0.25, 0.3) is 0 Å². The van der Waals surface area contributed by atoms with Gasteiger partial charge < -0.3 is 20.7 Å². The monoisotopic (exact) mass is 328 g/mol. The second kappa shape index (κ2) is 5.18. The molecule has 0 amide bonds. The van der Waals surface area contributed by atoms with Gasteiger partial charge in [0.15, 0.2) is 17.0 Å². The minimum atomic E-state index is -1.04. The van der Waals surface area contributed by atoms with E-state index in [-0.39, 0.29) is 5.95 Å². The number of H-pyrrole nitrogens is 1. The number of nitrogens with one attached hydrogen (secondary N) is 1. The highest BCUT2D eigenvalue weighted by Gasteiger charge is 2.44. The van der Waals surface area contributed by atoms with Gasteiger partial charge in [0, 0.05) is 38.3 Å². The van der Waals surface area contributed by atoms with E-state index in [9.17, 15) is 9.90 Å². The Morgan fingerprint density at radius 2 is 2.12 bits per heavy atom. The molecule has 0 aliphatic carbocycles. The first-order valence-electron chi connectivity index (χ1n) is 7.55. The molecule has 10 nitrogen and oxygen atoms in total. The SMILES string of the molecule is Nc1nc(N2CCC(C(=O)O)(n3cccn3)CC2)c2[nH]cnc2n1. The zero-order valence-corrected chi connectivity index (χ0v) is 12.8. The molecule has 124 valence electrons. The number of carbonyl (C=O) groups is 1. The summed E-state index contributed by atoms with van der Waals surface area (Å²) < 4.78 is 1.53. The number of fused-ring (bicyclic) bond motifs is 1. The van der Waals surface area contributed by atoms with E-state index in [1.807, 2.05) is 4.90 Å². The first-order valence-corrected chi connectivity index (χ1v) is 7.55. The van der Waals surface area contributed by atoms with Crippen LogP contribution < -0.4 is 10.6 Å². The second-order valence-electron chi connectivity index (χ2n) is 5.78. The Kier molecular flexibility index (Phi) is 3.12. The smallest absolute Gasteiger partial charge is 0.331 e. The Bertz CT molecular complexity index is 879. The van der Waals surface area contributed by atoms with E-state index >= 15 is 0 Å². The number of imidazole rings is 1. The lowest BCUT2D eigenvalue weighted by Gasteiger charge is -2.39. The van der Waals surface area contributed by atoms with E-state index < -0.39 is 11.5 Å². The summed E-state index contributed by atoms with van der Waals surface area (Å²) >= 11 is 0. The highest BCUT2D eigenvalue weighted by molar-refractivity contribution is 5.84. The van der Waals surface area contributed by atoms with E-state index in [0.717, 1.165) is 0 Å². The van der Waals surface area contributed by atoms with Crippen LogP contribution in [0.3, 0.4) is 0 Å². The lowest BCUT2D eigenvalue weighted by Crippen LogP contribution is -2.51. The minimum absolute atomic E-state index is 0.145. The van der Waals surface area contributed by atoms with Crippen LogP contribution in [0.25, 0.3) is 11.2 Å². The number of hydrogen-bond acceptors (Lipinski definition) is 7. The van der Waals surface area contributed by atoms with Crippen LogP contribution in [0.2, 0.25) is 0 Å². The van der Waals surface area contributed by atoms with Crippen LogP contribution in [0.15, 0.2) is 24.8 Å². The summed E-state index contributed by atoms with van der Waals surface area (Å²) in [7, 11) is 0. The van der Waals surface area contributed by atoms with Gasteiger partial charge in [-0.3, -0.25) is 4.68 Å². The lowest BCUT2D eigenvalue weighted by atomic mass is 9.87. The molecule has 0 bridgehead atoms. The molecule has 24 heavy (non-hydrogen) atoms. The number of nitrogens with zero attached hydrogens (tertiary/aromatic N) is 6. The van der Waals surface area contributed by atoms with Crippen molar-refractivity contribution in [2.24, 2.45) is 0 Å². The lowest BCUT2D eigenvalue weighted by molar-refractivity contribution is -0.149. The summed E-state index contributed by atoms with van der Waals surface area (Å²) in [5, 5.41) is 13.9. The number of nitrogen functional groups attached to an aromatic ring is 1. The third-order valence-corrected chi connectivity index (χ3v) is 4.52. The van der Waals surface area contributed by atoms with Crippen LogP contribution in [0.1, 0.15) is 12.8 Å². The standard InChI is InChI=1S/C14H16N8O2/c15-13-19-10-9(16-8-17-10)11(20-13)21-6-2-14(3-7-21,12(23)24)22-5-1-4-18-22/h1,4-5,8H,2-3,6-7H2,(H,23,24)(H3,15,16,17,19,20). The molecule has 1 fully saturated rings. The fourth-order valence-corrected chi connectivity index (χ4v) is 3.21. The Labute approximate surface area is 136 Å². The molecule has 1 saturated heterocycles. The Morgan fingerprint density at radius 3 is 2.79 bits per heavy atom. The molecule has 0 radical (unpaired) electrons. The van der Waals surface area contributed by atoms with Crippen molar-refractivity contribution in [3.05, 3.63) is 24.8 Å².